The van der Waals surface area contributed by atoms with Crippen LogP contribution < -0.4 is 15.1 Å². The fourth-order valence-electron chi connectivity index (χ4n) is 8.73. The molecule has 12 rings (SSSR count). The zero-order valence-electron chi connectivity index (χ0n) is 39.4. The van der Waals surface area contributed by atoms with Crippen molar-refractivity contribution in [2.24, 2.45) is 0 Å². The normalized spacial score (nSPS) is 13.4. The lowest BCUT2D eigenvalue weighted by Gasteiger charge is -2.36. The molecule has 2 aliphatic rings. The second-order valence-corrected chi connectivity index (χ2v) is 16.7. The van der Waals surface area contributed by atoms with Crippen molar-refractivity contribution in [1.29, 1.82) is 0 Å². The Kier molecular flexibility index (Phi) is 14.1. The van der Waals surface area contributed by atoms with Crippen molar-refractivity contribution in [3.63, 3.8) is 0 Å². The molecule has 2 aromatic carbocycles. The minimum absolute atomic E-state index is 0.00662. The molecule has 2 aliphatic heterocycles. The van der Waals surface area contributed by atoms with Gasteiger partial charge in [-0.2, -0.15) is 10.2 Å². The molecule has 4 N–H and O–H groups in total. The summed E-state index contributed by atoms with van der Waals surface area (Å²) in [7, 11) is 0. The number of aromatic amines is 2. The maximum absolute atomic E-state index is 14.8. The zero-order valence-corrected chi connectivity index (χ0v) is 39.4. The number of halogens is 2. The van der Waals surface area contributed by atoms with Gasteiger partial charge in [0.1, 0.15) is 11.4 Å². The van der Waals surface area contributed by atoms with Gasteiger partial charge in [-0.3, -0.25) is 14.4 Å². The fourth-order valence-corrected chi connectivity index (χ4v) is 8.73. The highest BCUT2D eigenvalue weighted by Crippen LogP contribution is 2.31. The number of fused-ring (bicyclic) bond motifs is 2. The van der Waals surface area contributed by atoms with Gasteiger partial charge in [0.05, 0.1) is 93.9 Å². The van der Waals surface area contributed by atoms with Crippen LogP contribution in [-0.4, -0.2) is 156 Å². The Bertz CT molecular complexity index is 3640. The number of pyridine rings is 2. The van der Waals surface area contributed by atoms with Crippen molar-refractivity contribution in [2.75, 3.05) is 62.2 Å². The number of Topliss-reactive ketones (excluding diaryl/α,β-unsaturated/α-hetero) is 2. The number of amides is 1. The van der Waals surface area contributed by atoms with Gasteiger partial charge in [-0.1, -0.05) is 71.1 Å². The van der Waals surface area contributed by atoms with E-state index in [9.17, 15) is 28.0 Å². The third-order valence-corrected chi connectivity index (χ3v) is 12.3. The molecule has 0 saturated carbocycles. The number of aliphatic carboxylic acids is 1. The van der Waals surface area contributed by atoms with Crippen LogP contribution in [0.15, 0.2) is 135 Å². The molecule has 75 heavy (non-hydrogen) atoms. The first-order valence-electron chi connectivity index (χ1n) is 23.3. The topological polar surface area (TPSA) is 281 Å². The molecule has 0 bridgehead atoms. The van der Waals surface area contributed by atoms with Gasteiger partial charge in [-0.15, -0.1) is 20.4 Å². The molecule has 0 aliphatic carbocycles. The Hall–Kier alpha value is -10.0. The lowest BCUT2D eigenvalue weighted by atomic mass is 10.1. The summed E-state index contributed by atoms with van der Waals surface area (Å²) in [6.07, 6.45) is 13.7. The molecule has 1 amide bonds. The number of H-pyrrole nitrogens is 2. The smallest absolute Gasteiger partial charge is 0.377 e. The van der Waals surface area contributed by atoms with Gasteiger partial charge in [-0.05, 0) is 12.1 Å². The van der Waals surface area contributed by atoms with E-state index in [2.05, 4.69) is 94.3 Å². The Labute approximate surface area is 422 Å². The molecule has 10 heterocycles. The number of anilines is 2. The SMILES string of the molecule is O=C(C(=O)N1CCN(c2ccnnc2-c2ccccc2)CC1)c1c[nH]c2c(-n3ccnn3)ncc(F)c12.O=C(O)C(=O)c1c[nH]c2c(-n3ccnn3)ncc(F)c12.c1ccc(-c2nnccc2N2CCNCC2)cc1. The van der Waals surface area contributed by atoms with Gasteiger partial charge >= 0.3 is 5.97 Å². The molecule has 0 unspecified atom stereocenters. The van der Waals surface area contributed by atoms with E-state index in [1.54, 1.807) is 18.6 Å². The van der Waals surface area contributed by atoms with Gasteiger partial charge in [0.2, 0.25) is 0 Å². The van der Waals surface area contributed by atoms with E-state index in [1.807, 2.05) is 54.6 Å². The summed E-state index contributed by atoms with van der Waals surface area (Å²) in [4.78, 5) is 68.0. The maximum Gasteiger partial charge on any atom is 0.377 e. The van der Waals surface area contributed by atoms with Crippen molar-refractivity contribution < 1.29 is 33.1 Å². The van der Waals surface area contributed by atoms with Crippen molar-refractivity contribution in [3.8, 4) is 34.2 Å². The molecule has 0 atom stereocenters. The number of carbonyl (C=O) groups excluding carboxylic acids is 3. The molecular weight excluding hydrogens is 971 g/mol. The number of aromatic nitrogens is 14. The number of carboxylic acids is 1. The highest BCUT2D eigenvalue weighted by molar-refractivity contribution is 6.45. The van der Waals surface area contributed by atoms with Crippen LogP contribution in [0.5, 0.6) is 0 Å². The highest BCUT2D eigenvalue weighted by atomic mass is 19.1. The number of piperazine rings is 2. The zero-order chi connectivity index (χ0) is 51.8. The molecule has 0 radical (unpaired) electrons. The van der Waals surface area contributed by atoms with E-state index >= 15 is 0 Å². The van der Waals surface area contributed by atoms with Gasteiger partial charge in [0, 0.05) is 75.9 Å². The standard InChI is InChI=1S/C25H20FN9O2.C14H16N4.C11H6FN5O3/c26-18-15-28-24(35-9-8-30-32-35)22-20(18)17(14-27-22)23(36)25(37)34-12-10-33(11-13-34)19-6-7-29-31-21(19)16-4-2-1-3-5-16;1-2-4-12(5-3-1)14-13(6-7-16-17-14)18-10-8-15-9-11-18;12-6-4-14-10(17-2-1-15-16-17)8-7(6)5(3-13-8)9(18)11(19)20/h1-9,14-15,27H,10-13H2;1-7,15H,8-11H2;1-4,13H,(H,19,20). The summed E-state index contributed by atoms with van der Waals surface area (Å²) in [5, 5.41) is 43.6. The van der Waals surface area contributed by atoms with E-state index in [4.69, 9.17) is 5.11 Å². The summed E-state index contributed by atoms with van der Waals surface area (Å²) >= 11 is 0. The van der Waals surface area contributed by atoms with Crippen LogP contribution in [0.1, 0.15) is 20.7 Å². The number of nitrogens with zero attached hydrogens (tertiary/aromatic N) is 15. The Morgan fingerprint density at radius 3 is 1.47 bits per heavy atom. The minimum atomic E-state index is -1.66. The van der Waals surface area contributed by atoms with Crippen LogP contribution in [0.3, 0.4) is 0 Å². The first-order chi connectivity index (χ1) is 36.7. The average Bonchev–Trinajstić information content (AvgIpc) is 4.34. The summed E-state index contributed by atoms with van der Waals surface area (Å²) < 4.78 is 31.2. The van der Waals surface area contributed by atoms with Crippen molar-refractivity contribution in [2.45, 2.75) is 0 Å². The van der Waals surface area contributed by atoms with Gasteiger partial charge in [0.25, 0.3) is 17.5 Å². The molecule has 2 fully saturated rings. The van der Waals surface area contributed by atoms with Crippen molar-refractivity contribution >= 4 is 56.6 Å². The van der Waals surface area contributed by atoms with E-state index in [1.165, 1.54) is 44.7 Å². The van der Waals surface area contributed by atoms with E-state index in [0.29, 0.717) is 26.2 Å². The monoisotopic (exact) mass is 1010 g/mol. The third kappa shape index (κ3) is 10.1. The summed E-state index contributed by atoms with van der Waals surface area (Å²) in [5.41, 5.74) is 5.99. The van der Waals surface area contributed by atoms with Gasteiger partial charge in [-0.25, -0.2) is 32.9 Å². The number of hydrogen-bond acceptors (Lipinski definition) is 17. The van der Waals surface area contributed by atoms with Crippen molar-refractivity contribution in [3.05, 3.63) is 158 Å². The second kappa shape index (κ2) is 21.8. The highest BCUT2D eigenvalue weighted by Gasteiger charge is 2.31. The molecule has 23 nitrogen and oxygen atoms in total. The molecular formula is C50H42F2N18O5. The van der Waals surface area contributed by atoms with E-state index < -0.39 is 35.1 Å². The first-order valence-corrected chi connectivity index (χ1v) is 23.3. The number of carboxylic acid groups (broad SMARTS) is 1. The van der Waals surface area contributed by atoms with Crippen LogP contribution in [0.2, 0.25) is 0 Å². The van der Waals surface area contributed by atoms with E-state index in [-0.39, 0.29) is 44.6 Å². The van der Waals surface area contributed by atoms with E-state index in [0.717, 1.165) is 73.0 Å². The van der Waals surface area contributed by atoms with Gasteiger partial charge < -0.3 is 35.1 Å². The predicted octanol–water partition coefficient (Wildman–Crippen LogP) is 4.37. The molecule has 10 aromatic rings. The number of hydrogen-bond donors (Lipinski definition) is 4. The summed E-state index contributed by atoms with van der Waals surface area (Å²) in [6.45, 7) is 5.76. The molecule has 2 saturated heterocycles. The quantitative estimate of drug-likeness (QED) is 0.109. The maximum atomic E-state index is 14.8. The number of nitrogens with one attached hydrogen (secondary N) is 3. The average molecular weight is 1010 g/mol. The molecule has 25 heteroatoms. The molecule has 8 aromatic heterocycles. The number of benzene rings is 2. The van der Waals surface area contributed by atoms with Crippen LogP contribution in [0.4, 0.5) is 20.2 Å². The lowest BCUT2D eigenvalue weighted by Crippen LogP contribution is -2.50. The minimum Gasteiger partial charge on any atom is -0.475 e. The largest absolute Gasteiger partial charge is 0.475 e. The Morgan fingerprint density at radius 1 is 0.547 bits per heavy atom. The third-order valence-electron chi connectivity index (χ3n) is 12.3. The van der Waals surface area contributed by atoms with Crippen LogP contribution in [-0.2, 0) is 9.59 Å². The predicted molar refractivity (Wildman–Crippen MR) is 267 cm³/mol. The van der Waals surface area contributed by atoms with Gasteiger partial charge in [0.15, 0.2) is 23.3 Å². The number of ketones is 2. The Balaban J connectivity index is 0.000000142. The summed E-state index contributed by atoms with van der Waals surface area (Å²) in [5.74, 6) is -5.36. The number of rotatable bonds is 10. The first kappa shape index (κ1) is 48.6. The van der Waals surface area contributed by atoms with Crippen LogP contribution in [0.25, 0.3) is 56.0 Å². The lowest BCUT2D eigenvalue weighted by molar-refractivity contribution is -0.131. The summed E-state index contributed by atoms with van der Waals surface area (Å²) in [6, 6.07) is 23.9. The van der Waals surface area contributed by atoms with Crippen LogP contribution in [0, 0.1) is 11.6 Å². The number of carbonyl (C=O) groups is 4. The van der Waals surface area contributed by atoms with Crippen molar-refractivity contribution in [1.82, 2.24) is 80.5 Å². The molecule has 376 valence electrons. The second-order valence-electron chi connectivity index (χ2n) is 16.7. The van der Waals surface area contributed by atoms with Crippen LogP contribution >= 0.6 is 0 Å². The fraction of sp³-hybridized carbons (Fsp3) is 0.160. The Morgan fingerprint density at radius 2 is 1.01 bits per heavy atom. The molecule has 0 spiro atoms.